The lowest BCUT2D eigenvalue weighted by molar-refractivity contribution is 0.333. The van der Waals surface area contributed by atoms with E-state index in [1.54, 1.807) is 12.1 Å². The molecule has 2 N–H and O–H groups in total. The van der Waals surface area contributed by atoms with Gasteiger partial charge in [0.25, 0.3) is 0 Å². The first kappa shape index (κ1) is 13.2. The van der Waals surface area contributed by atoms with Crippen molar-refractivity contribution in [3.63, 3.8) is 0 Å². The van der Waals surface area contributed by atoms with Crippen molar-refractivity contribution < 1.29 is 12.7 Å². The average Bonchev–Trinajstić information content (AvgIpc) is 2.29. The molecule has 4 nitrogen and oxygen atoms in total. The molecule has 0 atom stereocenters. The van der Waals surface area contributed by atoms with Gasteiger partial charge in [-0.05, 0) is 29.5 Å². The van der Waals surface area contributed by atoms with Gasteiger partial charge in [0, 0.05) is 0 Å². The lowest BCUT2D eigenvalue weighted by atomic mass is 9.82. The van der Waals surface area contributed by atoms with Crippen molar-refractivity contribution in [1.29, 1.82) is 0 Å². The standard InChI is InChI=1S/C11H17NO3S/c1-4-11(2,3)9-5-7-10(8-6-9)16(13,14)15-12/h5-8H,4,12H2,1-3H3. The highest BCUT2D eigenvalue weighted by Gasteiger charge is 2.19. The number of hydrogen-bond donors (Lipinski definition) is 1. The number of benzene rings is 1. The zero-order valence-corrected chi connectivity index (χ0v) is 10.5. The fourth-order valence-electron chi connectivity index (χ4n) is 1.33. The second kappa shape index (κ2) is 4.53. The Balaban J connectivity index is 3.10. The van der Waals surface area contributed by atoms with Gasteiger partial charge in [0.1, 0.15) is 0 Å². The first-order chi connectivity index (χ1) is 7.33. The van der Waals surface area contributed by atoms with E-state index in [1.807, 2.05) is 0 Å². The molecule has 1 aromatic carbocycles. The smallest absolute Gasteiger partial charge is 0.197 e. The summed E-state index contributed by atoms with van der Waals surface area (Å²) in [6.07, 6.45) is 0.979. The van der Waals surface area contributed by atoms with Gasteiger partial charge < -0.3 is 0 Å². The Labute approximate surface area is 96.5 Å². The lowest BCUT2D eigenvalue weighted by Gasteiger charge is -2.23. The largest absolute Gasteiger partial charge is 0.312 e. The molecule has 0 aromatic heterocycles. The van der Waals surface area contributed by atoms with Crippen LogP contribution in [0.5, 0.6) is 0 Å². The van der Waals surface area contributed by atoms with E-state index in [0.29, 0.717) is 0 Å². The van der Waals surface area contributed by atoms with Crippen molar-refractivity contribution in [3.8, 4) is 0 Å². The monoisotopic (exact) mass is 243 g/mol. The molecule has 1 aromatic rings. The summed E-state index contributed by atoms with van der Waals surface area (Å²) in [4.78, 5) is 0.0747. The maximum absolute atomic E-state index is 11.3. The first-order valence-corrected chi connectivity index (χ1v) is 6.48. The zero-order chi connectivity index (χ0) is 12.4. The Bertz CT molecular complexity index is 449. The van der Waals surface area contributed by atoms with Crippen LogP contribution in [0.15, 0.2) is 29.2 Å². The van der Waals surface area contributed by atoms with E-state index in [9.17, 15) is 8.42 Å². The molecule has 0 aliphatic rings. The van der Waals surface area contributed by atoms with Crippen molar-refractivity contribution >= 4 is 10.1 Å². The summed E-state index contributed by atoms with van der Waals surface area (Å²) < 4.78 is 26.5. The third-order valence-electron chi connectivity index (χ3n) is 2.94. The maximum atomic E-state index is 11.3. The van der Waals surface area contributed by atoms with Crippen molar-refractivity contribution in [2.45, 2.75) is 37.5 Å². The Morgan fingerprint density at radius 3 is 2.12 bits per heavy atom. The second-order valence-electron chi connectivity index (χ2n) is 4.31. The van der Waals surface area contributed by atoms with Gasteiger partial charge >= 0.3 is 10.1 Å². The predicted molar refractivity (Wildman–Crippen MR) is 62.2 cm³/mol. The fraction of sp³-hybridized carbons (Fsp3) is 0.455. The summed E-state index contributed by atoms with van der Waals surface area (Å²) in [5.74, 6) is 4.70. The Kier molecular flexibility index (Phi) is 3.72. The second-order valence-corrected chi connectivity index (χ2v) is 5.88. The summed E-state index contributed by atoms with van der Waals surface area (Å²) in [5, 5.41) is 0. The van der Waals surface area contributed by atoms with Crippen LogP contribution in [0.2, 0.25) is 0 Å². The van der Waals surface area contributed by atoms with Crippen LogP contribution < -0.4 is 5.90 Å². The van der Waals surface area contributed by atoms with Crippen LogP contribution >= 0.6 is 0 Å². The molecule has 0 aliphatic heterocycles. The summed E-state index contributed by atoms with van der Waals surface area (Å²) in [6.45, 7) is 6.31. The number of hydrogen-bond acceptors (Lipinski definition) is 4. The summed E-state index contributed by atoms with van der Waals surface area (Å²) in [6, 6.07) is 6.59. The highest BCUT2D eigenvalue weighted by Crippen LogP contribution is 2.27. The Morgan fingerprint density at radius 2 is 1.75 bits per heavy atom. The van der Waals surface area contributed by atoms with Gasteiger partial charge in [-0.1, -0.05) is 32.9 Å². The predicted octanol–water partition coefficient (Wildman–Crippen LogP) is 1.95. The number of rotatable bonds is 4. The minimum atomic E-state index is -3.79. The molecule has 16 heavy (non-hydrogen) atoms. The van der Waals surface area contributed by atoms with Gasteiger partial charge in [-0.15, -0.1) is 0 Å². The van der Waals surface area contributed by atoms with Crippen LogP contribution in [-0.2, 0) is 19.8 Å². The van der Waals surface area contributed by atoms with Crippen LogP contribution in [0, 0.1) is 0 Å². The first-order valence-electron chi connectivity index (χ1n) is 5.07. The van der Waals surface area contributed by atoms with Gasteiger partial charge in [0.15, 0.2) is 0 Å². The average molecular weight is 243 g/mol. The van der Waals surface area contributed by atoms with Gasteiger partial charge in [-0.2, -0.15) is 18.6 Å². The Hall–Kier alpha value is -0.910. The molecule has 5 heteroatoms. The minimum absolute atomic E-state index is 0.0336. The quantitative estimate of drug-likeness (QED) is 0.821. The Morgan fingerprint density at radius 1 is 1.25 bits per heavy atom. The topological polar surface area (TPSA) is 69.4 Å². The zero-order valence-electron chi connectivity index (χ0n) is 9.73. The van der Waals surface area contributed by atoms with E-state index < -0.39 is 10.1 Å². The molecule has 0 radical (unpaired) electrons. The molecule has 0 bridgehead atoms. The van der Waals surface area contributed by atoms with Crippen molar-refractivity contribution in [2.75, 3.05) is 0 Å². The molecule has 0 saturated carbocycles. The summed E-state index contributed by atoms with van der Waals surface area (Å²) in [5.41, 5.74) is 1.12. The van der Waals surface area contributed by atoms with Gasteiger partial charge in [0.2, 0.25) is 0 Å². The van der Waals surface area contributed by atoms with E-state index in [4.69, 9.17) is 5.90 Å². The third-order valence-corrected chi connectivity index (χ3v) is 4.04. The fourth-order valence-corrected chi connectivity index (χ4v) is 1.91. The van der Waals surface area contributed by atoms with Crippen molar-refractivity contribution in [1.82, 2.24) is 0 Å². The molecule has 0 unspecified atom stereocenters. The summed E-state index contributed by atoms with van der Waals surface area (Å²) in [7, 11) is -3.79. The molecule has 90 valence electrons. The van der Waals surface area contributed by atoms with Crippen LogP contribution in [0.25, 0.3) is 0 Å². The van der Waals surface area contributed by atoms with E-state index in [0.717, 1.165) is 12.0 Å². The molecule has 0 fully saturated rings. The van der Waals surface area contributed by atoms with Gasteiger partial charge in [-0.25, -0.2) is 0 Å². The minimum Gasteiger partial charge on any atom is -0.197 e. The molecule has 1 rings (SSSR count). The van der Waals surface area contributed by atoms with E-state index in [1.165, 1.54) is 12.1 Å². The van der Waals surface area contributed by atoms with E-state index >= 15 is 0 Å². The molecule has 0 saturated heterocycles. The normalized spacial score (nSPS) is 12.8. The number of nitrogens with two attached hydrogens (primary N) is 1. The molecule has 0 aliphatic carbocycles. The molecular formula is C11H17NO3S. The van der Waals surface area contributed by atoms with Crippen molar-refractivity contribution in [2.24, 2.45) is 5.90 Å². The van der Waals surface area contributed by atoms with Crippen LogP contribution in [-0.4, -0.2) is 8.42 Å². The molecule has 0 amide bonds. The highest BCUT2D eigenvalue weighted by molar-refractivity contribution is 7.86. The maximum Gasteiger partial charge on any atom is 0.312 e. The lowest BCUT2D eigenvalue weighted by Crippen LogP contribution is -2.16. The van der Waals surface area contributed by atoms with Gasteiger partial charge in [-0.3, -0.25) is 0 Å². The van der Waals surface area contributed by atoms with Crippen LogP contribution in [0.4, 0.5) is 0 Å². The van der Waals surface area contributed by atoms with Crippen LogP contribution in [0.3, 0.4) is 0 Å². The molecular weight excluding hydrogens is 226 g/mol. The van der Waals surface area contributed by atoms with Gasteiger partial charge in [0.05, 0.1) is 4.90 Å². The highest BCUT2D eigenvalue weighted by atomic mass is 32.2. The molecule has 0 heterocycles. The SMILES string of the molecule is CCC(C)(C)c1ccc(S(=O)(=O)ON)cc1. The van der Waals surface area contributed by atoms with Crippen molar-refractivity contribution in [3.05, 3.63) is 29.8 Å². The van der Waals surface area contributed by atoms with E-state index in [2.05, 4.69) is 25.1 Å². The van der Waals surface area contributed by atoms with E-state index in [-0.39, 0.29) is 10.3 Å². The molecule has 0 spiro atoms. The summed E-state index contributed by atoms with van der Waals surface area (Å²) >= 11 is 0. The van der Waals surface area contributed by atoms with Crippen LogP contribution in [0.1, 0.15) is 32.8 Å². The third kappa shape index (κ3) is 2.61.